The highest BCUT2D eigenvalue weighted by atomic mass is 15.2. The molecule has 0 bridgehead atoms. The summed E-state index contributed by atoms with van der Waals surface area (Å²) in [4.78, 5) is 2.50. The molecule has 0 aromatic rings. The topological polar surface area (TPSA) is 15.3 Å². The van der Waals surface area contributed by atoms with Crippen molar-refractivity contribution in [2.24, 2.45) is 5.92 Å². The summed E-state index contributed by atoms with van der Waals surface area (Å²) in [5, 5.41) is 3.34. The summed E-state index contributed by atoms with van der Waals surface area (Å²) in [6.45, 7) is 14.7. The molecule has 0 heterocycles. The van der Waals surface area contributed by atoms with Gasteiger partial charge >= 0.3 is 0 Å². The van der Waals surface area contributed by atoms with Crippen LogP contribution in [0.1, 0.15) is 34.6 Å². The second kappa shape index (κ2) is 5.61. The molecule has 0 radical (unpaired) electrons. The van der Waals surface area contributed by atoms with Crippen LogP contribution < -0.4 is 5.32 Å². The summed E-state index contributed by atoms with van der Waals surface area (Å²) in [6, 6.07) is 0. The smallest absolute Gasteiger partial charge is 0.0249 e. The molecule has 0 saturated carbocycles. The van der Waals surface area contributed by atoms with E-state index in [9.17, 15) is 0 Å². The van der Waals surface area contributed by atoms with Crippen LogP contribution in [0.3, 0.4) is 0 Å². The van der Waals surface area contributed by atoms with Gasteiger partial charge in [-0.1, -0.05) is 20.8 Å². The molecule has 0 aliphatic carbocycles. The number of rotatable bonds is 6. The second-order valence-electron chi connectivity index (χ2n) is 4.86. The Balaban J connectivity index is 3.97. The average molecular weight is 186 g/mol. The first-order chi connectivity index (χ1) is 5.91. The molecule has 0 aromatic heterocycles. The van der Waals surface area contributed by atoms with E-state index < -0.39 is 0 Å². The van der Waals surface area contributed by atoms with Crippen LogP contribution in [0.2, 0.25) is 0 Å². The maximum absolute atomic E-state index is 3.34. The maximum Gasteiger partial charge on any atom is 0.0249 e. The number of nitrogens with one attached hydrogen (secondary N) is 1. The molecule has 13 heavy (non-hydrogen) atoms. The normalized spacial score (nSPS) is 12.9. The van der Waals surface area contributed by atoms with E-state index in [1.807, 2.05) is 7.05 Å². The summed E-state index contributed by atoms with van der Waals surface area (Å²) in [7, 11) is 2.03. The van der Waals surface area contributed by atoms with Gasteiger partial charge in [-0.2, -0.15) is 0 Å². The fourth-order valence-corrected chi connectivity index (χ4v) is 1.46. The van der Waals surface area contributed by atoms with E-state index in [1.165, 1.54) is 6.54 Å². The molecular weight excluding hydrogens is 160 g/mol. The largest absolute Gasteiger partial charge is 0.314 e. The minimum Gasteiger partial charge on any atom is -0.314 e. The van der Waals surface area contributed by atoms with Crippen LogP contribution in [-0.4, -0.2) is 37.1 Å². The van der Waals surface area contributed by atoms with Gasteiger partial charge in [-0.15, -0.1) is 0 Å². The van der Waals surface area contributed by atoms with E-state index in [2.05, 4.69) is 44.8 Å². The Morgan fingerprint density at radius 3 is 2.15 bits per heavy atom. The maximum atomic E-state index is 3.34. The van der Waals surface area contributed by atoms with Crippen LogP contribution in [0, 0.1) is 5.92 Å². The lowest BCUT2D eigenvalue weighted by Gasteiger charge is -2.32. The van der Waals surface area contributed by atoms with Gasteiger partial charge < -0.3 is 10.2 Å². The SMILES string of the molecule is CCN(CC(C)C)CC(C)(C)NC. The second-order valence-corrected chi connectivity index (χ2v) is 4.86. The molecule has 0 amide bonds. The highest BCUT2D eigenvalue weighted by Crippen LogP contribution is 2.06. The third-order valence-electron chi connectivity index (χ3n) is 2.37. The van der Waals surface area contributed by atoms with Crippen molar-refractivity contribution in [1.82, 2.24) is 10.2 Å². The fraction of sp³-hybridized carbons (Fsp3) is 1.00. The summed E-state index contributed by atoms with van der Waals surface area (Å²) in [5.41, 5.74) is 0.227. The predicted octanol–water partition coefficient (Wildman–Crippen LogP) is 1.96. The minimum atomic E-state index is 0.227. The molecule has 0 unspecified atom stereocenters. The highest BCUT2D eigenvalue weighted by molar-refractivity contribution is 4.79. The number of hydrogen-bond acceptors (Lipinski definition) is 2. The molecule has 2 heteroatoms. The molecule has 2 nitrogen and oxygen atoms in total. The van der Waals surface area contributed by atoms with Crippen LogP contribution in [0.5, 0.6) is 0 Å². The standard InChI is InChI=1S/C11H26N2/c1-7-13(8-10(2)3)9-11(4,5)12-6/h10,12H,7-9H2,1-6H3. The first-order valence-electron chi connectivity index (χ1n) is 5.32. The molecular formula is C11H26N2. The fourth-order valence-electron chi connectivity index (χ4n) is 1.46. The molecule has 0 atom stereocenters. The quantitative estimate of drug-likeness (QED) is 0.682. The van der Waals surface area contributed by atoms with Crippen LogP contribution in [0.15, 0.2) is 0 Å². The van der Waals surface area contributed by atoms with Gasteiger partial charge in [0, 0.05) is 18.6 Å². The number of nitrogens with zero attached hydrogens (tertiary/aromatic N) is 1. The Morgan fingerprint density at radius 2 is 1.85 bits per heavy atom. The lowest BCUT2D eigenvalue weighted by Crippen LogP contribution is -2.48. The van der Waals surface area contributed by atoms with Gasteiger partial charge in [0.15, 0.2) is 0 Å². The molecule has 0 aliphatic heterocycles. The predicted molar refractivity (Wildman–Crippen MR) is 60.1 cm³/mol. The molecule has 0 aliphatic rings. The van der Waals surface area contributed by atoms with Crippen LogP contribution in [0.25, 0.3) is 0 Å². The Bertz CT molecular complexity index is 130. The van der Waals surface area contributed by atoms with Gasteiger partial charge in [-0.3, -0.25) is 0 Å². The third kappa shape index (κ3) is 6.05. The molecule has 0 rings (SSSR count). The molecule has 1 N–H and O–H groups in total. The Labute approximate surface area is 83.7 Å². The van der Waals surface area contributed by atoms with Crippen molar-refractivity contribution < 1.29 is 0 Å². The van der Waals surface area contributed by atoms with Gasteiger partial charge in [0.25, 0.3) is 0 Å². The zero-order valence-corrected chi connectivity index (χ0v) is 10.1. The highest BCUT2D eigenvalue weighted by Gasteiger charge is 2.18. The lowest BCUT2D eigenvalue weighted by molar-refractivity contribution is 0.196. The average Bonchev–Trinajstić information content (AvgIpc) is 2.02. The zero-order chi connectivity index (χ0) is 10.5. The van der Waals surface area contributed by atoms with Crippen molar-refractivity contribution in [2.45, 2.75) is 40.2 Å². The molecule has 0 spiro atoms. The third-order valence-corrected chi connectivity index (χ3v) is 2.37. The van der Waals surface area contributed by atoms with Gasteiger partial charge in [0.1, 0.15) is 0 Å². The molecule has 0 fully saturated rings. The molecule has 0 saturated heterocycles. The van der Waals surface area contributed by atoms with Crippen molar-refractivity contribution in [3.63, 3.8) is 0 Å². The van der Waals surface area contributed by atoms with Crippen LogP contribution >= 0.6 is 0 Å². The van der Waals surface area contributed by atoms with E-state index in [-0.39, 0.29) is 5.54 Å². The zero-order valence-electron chi connectivity index (χ0n) is 10.1. The molecule has 0 aromatic carbocycles. The Morgan fingerprint density at radius 1 is 1.31 bits per heavy atom. The van der Waals surface area contributed by atoms with Gasteiger partial charge in [0.05, 0.1) is 0 Å². The Kier molecular flexibility index (Phi) is 5.57. The van der Waals surface area contributed by atoms with Crippen molar-refractivity contribution >= 4 is 0 Å². The monoisotopic (exact) mass is 186 g/mol. The summed E-state index contributed by atoms with van der Waals surface area (Å²) < 4.78 is 0. The summed E-state index contributed by atoms with van der Waals surface area (Å²) in [6.07, 6.45) is 0. The van der Waals surface area contributed by atoms with E-state index in [1.54, 1.807) is 0 Å². The lowest BCUT2D eigenvalue weighted by atomic mass is 10.0. The number of hydrogen-bond donors (Lipinski definition) is 1. The van der Waals surface area contributed by atoms with E-state index in [4.69, 9.17) is 0 Å². The number of likely N-dealkylation sites (N-methyl/N-ethyl adjacent to an activating group) is 2. The summed E-state index contributed by atoms with van der Waals surface area (Å²) >= 11 is 0. The van der Waals surface area contributed by atoms with E-state index in [0.29, 0.717) is 0 Å². The summed E-state index contributed by atoms with van der Waals surface area (Å²) in [5.74, 6) is 0.757. The van der Waals surface area contributed by atoms with Crippen molar-refractivity contribution in [2.75, 3.05) is 26.7 Å². The first-order valence-corrected chi connectivity index (χ1v) is 5.32. The van der Waals surface area contributed by atoms with Crippen LogP contribution in [-0.2, 0) is 0 Å². The van der Waals surface area contributed by atoms with E-state index >= 15 is 0 Å². The van der Waals surface area contributed by atoms with Crippen LogP contribution in [0.4, 0.5) is 0 Å². The van der Waals surface area contributed by atoms with E-state index in [0.717, 1.165) is 19.0 Å². The van der Waals surface area contributed by atoms with Gasteiger partial charge in [-0.25, -0.2) is 0 Å². The van der Waals surface area contributed by atoms with Gasteiger partial charge in [-0.05, 0) is 33.4 Å². The van der Waals surface area contributed by atoms with Crippen molar-refractivity contribution in [3.05, 3.63) is 0 Å². The van der Waals surface area contributed by atoms with Crippen molar-refractivity contribution in [1.29, 1.82) is 0 Å². The first kappa shape index (κ1) is 12.9. The molecule has 80 valence electrons. The Hall–Kier alpha value is -0.0800. The van der Waals surface area contributed by atoms with Crippen molar-refractivity contribution in [3.8, 4) is 0 Å². The van der Waals surface area contributed by atoms with Gasteiger partial charge in [0.2, 0.25) is 0 Å². The minimum absolute atomic E-state index is 0.227.